The maximum absolute atomic E-state index is 12.1. The van der Waals surface area contributed by atoms with Crippen LogP contribution in [-0.4, -0.2) is 74.8 Å². The van der Waals surface area contributed by atoms with E-state index in [9.17, 15) is 21.9 Å². The third-order valence-corrected chi connectivity index (χ3v) is 8.54. The van der Waals surface area contributed by atoms with Crippen LogP contribution in [0.15, 0.2) is 0 Å². The third kappa shape index (κ3) is 5.59. The fourth-order valence-electron chi connectivity index (χ4n) is 2.88. The molecule has 0 amide bonds. The Labute approximate surface area is 179 Å². The van der Waals surface area contributed by atoms with Gasteiger partial charge >= 0.3 is 0 Å². The molecule has 0 spiro atoms. The SMILES string of the molecule is CCS(=O)(=O)CS(=O)(=O)CC1OC(C)C2OC(C)(C)OC2C1O.[Ac]. The van der Waals surface area contributed by atoms with E-state index in [1.54, 1.807) is 20.8 Å². The first-order valence-corrected chi connectivity index (χ1v) is 11.1. The molecule has 139 valence electrons. The number of sulfone groups is 2. The second-order valence-corrected chi connectivity index (χ2v) is 11.3. The third-order valence-electron chi connectivity index (χ3n) is 3.95. The van der Waals surface area contributed by atoms with Crippen molar-refractivity contribution >= 4 is 19.7 Å². The smallest absolute Gasteiger partial charge is 0.167 e. The van der Waals surface area contributed by atoms with E-state index in [1.165, 1.54) is 6.92 Å². The summed E-state index contributed by atoms with van der Waals surface area (Å²) in [4.78, 5) is 0. The van der Waals surface area contributed by atoms with Crippen LogP contribution in [0, 0.1) is 44.1 Å². The molecule has 2 saturated heterocycles. The molecule has 2 heterocycles. The first-order chi connectivity index (χ1) is 10.4. The van der Waals surface area contributed by atoms with Gasteiger partial charge in [0.1, 0.15) is 24.4 Å². The first-order valence-electron chi connectivity index (χ1n) is 7.46. The maximum atomic E-state index is 12.1. The van der Waals surface area contributed by atoms with Gasteiger partial charge in [-0.05, 0) is 20.8 Å². The molecule has 2 aliphatic rings. The van der Waals surface area contributed by atoms with Gasteiger partial charge in [-0.2, -0.15) is 0 Å². The van der Waals surface area contributed by atoms with Crippen molar-refractivity contribution in [1.82, 2.24) is 0 Å². The van der Waals surface area contributed by atoms with Crippen LogP contribution in [0.5, 0.6) is 0 Å². The number of hydrogen-bond donors (Lipinski definition) is 1. The Morgan fingerprint density at radius 3 is 2.12 bits per heavy atom. The van der Waals surface area contributed by atoms with Crippen LogP contribution in [0.4, 0.5) is 0 Å². The van der Waals surface area contributed by atoms with Gasteiger partial charge in [0.15, 0.2) is 30.5 Å². The molecule has 24 heavy (non-hydrogen) atoms. The fourth-order valence-corrected chi connectivity index (χ4v) is 6.90. The van der Waals surface area contributed by atoms with Crippen LogP contribution in [0.1, 0.15) is 27.7 Å². The van der Waals surface area contributed by atoms with Gasteiger partial charge in [0.2, 0.25) is 0 Å². The molecule has 0 aliphatic carbocycles. The average molecular weight is 599 g/mol. The Hall–Kier alpha value is 1.18. The van der Waals surface area contributed by atoms with Crippen molar-refractivity contribution in [3.63, 3.8) is 0 Å². The summed E-state index contributed by atoms with van der Waals surface area (Å²) >= 11 is 0. The van der Waals surface area contributed by atoms with E-state index in [4.69, 9.17) is 14.2 Å². The molecule has 2 rings (SSSR count). The van der Waals surface area contributed by atoms with Gasteiger partial charge in [-0.3, -0.25) is 0 Å². The number of ether oxygens (including phenoxy) is 3. The van der Waals surface area contributed by atoms with Gasteiger partial charge < -0.3 is 19.3 Å². The summed E-state index contributed by atoms with van der Waals surface area (Å²) in [6.45, 7) is 6.49. The van der Waals surface area contributed by atoms with Crippen LogP contribution in [0.3, 0.4) is 0 Å². The normalized spacial score (nSPS) is 36.0. The molecule has 0 aromatic heterocycles. The van der Waals surface area contributed by atoms with E-state index in [0.717, 1.165) is 0 Å². The number of fused-ring (bicyclic) bond motifs is 1. The van der Waals surface area contributed by atoms with E-state index < -0.39 is 66.8 Å². The predicted octanol–water partition coefficient (Wildman–Crippen LogP) is -0.538. The molecule has 2 aliphatic heterocycles. The molecule has 0 aromatic rings. The molecule has 0 aromatic carbocycles. The standard InChI is InChI=1S/C13H24O8S2.Ac/c1-5-22(15,16)7-23(17,18)6-9-10(14)12-11(8(2)19-9)20-13(3,4)21-12;/h8-12,14H,5-7H2,1-4H3;. The monoisotopic (exact) mass is 599 g/mol. The fraction of sp³-hybridized carbons (Fsp3) is 1.00. The van der Waals surface area contributed by atoms with Crippen LogP contribution in [0.25, 0.3) is 0 Å². The van der Waals surface area contributed by atoms with E-state index in [1.807, 2.05) is 0 Å². The van der Waals surface area contributed by atoms with Crippen LogP contribution >= 0.6 is 0 Å². The Bertz CT molecular complexity index is 645. The Balaban J connectivity index is 0.00000288. The Morgan fingerprint density at radius 1 is 1.04 bits per heavy atom. The van der Waals surface area contributed by atoms with Crippen molar-refractivity contribution in [3.8, 4) is 0 Å². The minimum absolute atomic E-state index is 0. The van der Waals surface area contributed by atoms with Gasteiger partial charge in [0, 0.05) is 49.8 Å². The van der Waals surface area contributed by atoms with E-state index in [0.29, 0.717) is 0 Å². The van der Waals surface area contributed by atoms with Crippen LogP contribution in [0.2, 0.25) is 0 Å². The van der Waals surface area contributed by atoms with Crippen molar-refractivity contribution in [3.05, 3.63) is 0 Å². The van der Waals surface area contributed by atoms with Crippen molar-refractivity contribution in [2.75, 3.05) is 16.6 Å². The van der Waals surface area contributed by atoms with Crippen molar-refractivity contribution in [1.29, 1.82) is 0 Å². The molecule has 8 nitrogen and oxygen atoms in total. The molecule has 0 saturated carbocycles. The maximum Gasteiger partial charge on any atom is 0.167 e. The van der Waals surface area contributed by atoms with Gasteiger partial charge in [0.25, 0.3) is 0 Å². The minimum Gasteiger partial charge on any atom is -0.388 e. The van der Waals surface area contributed by atoms with Gasteiger partial charge in [-0.15, -0.1) is 0 Å². The topological polar surface area (TPSA) is 116 Å². The molecule has 1 N–H and O–H groups in total. The number of aliphatic hydroxyl groups is 1. The second-order valence-electron chi connectivity index (χ2n) is 6.50. The summed E-state index contributed by atoms with van der Waals surface area (Å²) in [5, 5.41) is 9.41. The van der Waals surface area contributed by atoms with Gasteiger partial charge in [-0.1, -0.05) is 6.92 Å². The summed E-state index contributed by atoms with van der Waals surface area (Å²) in [5.41, 5.74) is 0. The van der Waals surface area contributed by atoms with E-state index in [2.05, 4.69) is 0 Å². The Kier molecular flexibility index (Phi) is 7.79. The minimum atomic E-state index is -3.93. The number of rotatable bonds is 5. The first kappa shape index (κ1) is 23.2. The molecule has 2 fully saturated rings. The van der Waals surface area contributed by atoms with Gasteiger partial charge in [-0.25, -0.2) is 16.8 Å². The molecule has 5 atom stereocenters. The second kappa shape index (κ2) is 8.05. The summed E-state index contributed by atoms with van der Waals surface area (Å²) < 4.78 is 64.1. The predicted molar refractivity (Wildman–Crippen MR) is 82.3 cm³/mol. The molecule has 0 bridgehead atoms. The Morgan fingerprint density at radius 2 is 1.58 bits per heavy atom. The molecule has 5 unspecified atom stereocenters. The number of aliphatic hydroxyl groups excluding tert-OH is 1. The summed E-state index contributed by atoms with van der Waals surface area (Å²) in [6, 6.07) is 0. The molecular weight excluding hydrogens is 575 g/mol. The van der Waals surface area contributed by atoms with E-state index in [-0.39, 0.29) is 49.8 Å². The largest absolute Gasteiger partial charge is 0.388 e. The van der Waals surface area contributed by atoms with Crippen LogP contribution in [-0.2, 0) is 33.9 Å². The average Bonchev–Trinajstić information content (AvgIpc) is 2.71. The van der Waals surface area contributed by atoms with E-state index >= 15 is 0 Å². The summed E-state index contributed by atoms with van der Waals surface area (Å²) in [5.74, 6) is -1.73. The quantitative estimate of drug-likeness (QED) is 0.449. The zero-order valence-corrected chi connectivity index (χ0v) is 20.6. The molecular formula is C13H24AcO8S2. The van der Waals surface area contributed by atoms with Crippen LogP contribution < -0.4 is 0 Å². The summed E-state index contributed by atoms with van der Waals surface area (Å²) in [6.07, 6.45) is -3.96. The van der Waals surface area contributed by atoms with Crippen molar-refractivity contribution in [2.24, 2.45) is 0 Å². The zero-order chi connectivity index (χ0) is 17.6. The van der Waals surface area contributed by atoms with Crippen molar-refractivity contribution in [2.45, 2.75) is 64.0 Å². The summed E-state index contributed by atoms with van der Waals surface area (Å²) in [7, 11) is -7.61. The molecule has 1 radical (unpaired) electrons. The number of hydrogen-bond acceptors (Lipinski definition) is 8. The van der Waals surface area contributed by atoms with Crippen molar-refractivity contribution < 1.29 is 80.2 Å². The zero-order valence-electron chi connectivity index (χ0n) is 14.2. The van der Waals surface area contributed by atoms with Gasteiger partial charge in [0.05, 0.1) is 11.9 Å². The molecule has 11 heteroatoms.